The van der Waals surface area contributed by atoms with Gasteiger partial charge in [-0.25, -0.2) is 10.8 Å². The Hall–Kier alpha value is -1.63. The van der Waals surface area contributed by atoms with Crippen LogP contribution in [0.15, 0.2) is 29.6 Å². The van der Waals surface area contributed by atoms with Gasteiger partial charge in [-0.15, -0.1) is 11.3 Å². The van der Waals surface area contributed by atoms with E-state index in [1.807, 2.05) is 31.4 Å². The molecule has 1 amide bonds. The number of halogens is 1. The first-order valence-electron chi connectivity index (χ1n) is 6.49. The number of aromatic nitrogens is 1. The fraction of sp³-hybridized carbons (Fsp3) is 0.286. The maximum absolute atomic E-state index is 12.7. The molecule has 0 aliphatic carbocycles. The molecule has 7 heteroatoms. The molecule has 2 heterocycles. The number of pyridine rings is 1. The number of hydrogen-bond acceptors (Lipinski definition) is 5. The zero-order valence-electron chi connectivity index (χ0n) is 11.8. The molecule has 2 aromatic heterocycles. The lowest BCUT2D eigenvalue weighted by atomic mass is 10.2. The molecule has 2 aromatic rings. The molecule has 0 atom stereocenters. The van der Waals surface area contributed by atoms with Gasteiger partial charge in [0.1, 0.15) is 11.5 Å². The van der Waals surface area contributed by atoms with Gasteiger partial charge in [0.2, 0.25) is 0 Å². The Bertz CT molecular complexity index is 615. The minimum Gasteiger partial charge on any atom is -0.330 e. The Balaban J connectivity index is 2.30. The number of nitrogen functional groups attached to an aromatic ring is 1. The summed E-state index contributed by atoms with van der Waals surface area (Å²) in [6, 6.07) is 7.23. The highest BCUT2D eigenvalue weighted by atomic mass is 35.5. The van der Waals surface area contributed by atoms with Gasteiger partial charge in [-0.3, -0.25) is 4.79 Å². The molecule has 0 saturated heterocycles. The molecule has 112 valence electrons. The highest BCUT2D eigenvalue weighted by Gasteiger charge is 2.23. The number of nitrogens with two attached hydrogens (primary N) is 1. The van der Waals surface area contributed by atoms with Crippen molar-refractivity contribution in [2.75, 3.05) is 5.43 Å². The molecule has 0 aliphatic heterocycles. The SMILES string of the molecule is CC(C)N(Cc1cccs1)C(=O)c1nc(NN)ccc1Cl. The van der Waals surface area contributed by atoms with E-state index in [1.165, 1.54) is 0 Å². The van der Waals surface area contributed by atoms with Crippen molar-refractivity contribution in [3.8, 4) is 0 Å². The van der Waals surface area contributed by atoms with E-state index >= 15 is 0 Å². The van der Waals surface area contributed by atoms with Crippen LogP contribution in [0.5, 0.6) is 0 Å². The number of rotatable bonds is 5. The van der Waals surface area contributed by atoms with E-state index in [4.69, 9.17) is 17.4 Å². The summed E-state index contributed by atoms with van der Waals surface area (Å²) in [5.74, 6) is 5.53. The van der Waals surface area contributed by atoms with E-state index in [0.29, 0.717) is 17.4 Å². The second kappa shape index (κ2) is 6.89. The second-order valence-electron chi connectivity index (χ2n) is 4.78. The molecule has 5 nitrogen and oxygen atoms in total. The second-order valence-corrected chi connectivity index (χ2v) is 6.22. The van der Waals surface area contributed by atoms with Crippen LogP contribution in [0, 0.1) is 0 Å². The van der Waals surface area contributed by atoms with Crippen molar-refractivity contribution in [3.63, 3.8) is 0 Å². The van der Waals surface area contributed by atoms with Crippen LogP contribution in [0.25, 0.3) is 0 Å². The molecule has 3 N–H and O–H groups in total. The number of nitrogens with one attached hydrogen (secondary N) is 1. The molecule has 0 fully saturated rings. The van der Waals surface area contributed by atoms with Crippen molar-refractivity contribution in [1.29, 1.82) is 0 Å². The number of carbonyl (C=O) groups excluding carboxylic acids is 1. The topological polar surface area (TPSA) is 71.2 Å². The van der Waals surface area contributed by atoms with Crippen LogP contribution in [0.3, 0.4) is 0 Å². The van der Waals surface area contributed by atoms with Crippen molar-refractivity contribution < 1.29 is 4.79 Å². The van der Waals surface area contributed by atoms with Crippen LogP contribution in [0.1, 0.15) is 29.2 Å². The van der Waals surface area contributed by atoms with Gasteiger partial charge >= 0.3 is 0 Å². The highest BCUT2D eigenvalue weighted by molar-refractivity contribution is 7.09. The summed E-state index contributed by atoms with van der Waals surface area (Å²) >= 11 is 7.72. The van der Waals surface area contributed by atoms with Crippen LogP contribution < -0.4 is 11.3 Å². The molecule has 0 aliphatic rings. The van der Waals surface area contributed by atoms with E-state index < -0.39 is 0 Å². The standard InChI is InChI=1S/C14H17ClN4OS/c1-9(2)19(8-10-4-3-7-21-10)14(20)13-11(15)5-6-12(17-13)18-16/h3-7,9H,8,16H2,1-2H3,(H,17,18). The first kappa shape index (κ1) is 15.8. The molecular formula is C14H17ClN4OS. The Morgan fingerprint density at radius 2 is 2.24 bits per heavy atom. The summed E-state index contributed by atoms with van der Waals surface area (Å²) < 4.78 is 0. The quantitative estimate of drug-likeness (QED) is 0.654. The van der Waals surface area contributed by atoms with E-state index in [0.717, 1.165) is 4.88 Å². The number of amides is 1. The third-order valence-corrected chi connectivity index (χ3v) is 4.15. The van der Waals surface area contributed by atoms with Crippen molar-refractivity contribution >= 4 is 34.7 Å². The van der Waals surface area contributed by atoms with Crippen molar-refractivity contribution in [3.05, 3.63) is 45.2 Å². The fourth-order valence-corrected chi connectivity index (χ4v) is 2.76. The Labute approximate surface area is 132 Å². The maximum Gasteiger partial charge on any atom is 0.274 e. The fourth-order valence-electron chi connectivity index (χ4n) is 1.87. The highest BCUT2D eigenvalue weighted by Crippen LogP contribution is 2.21. The van der Waals surface area contributed by atoms with Gasteiger partial charge in [-0.05, 0) is 37.4 Å². The summed E-state index contributed by atoms with van der Waals surface area (Å²) in [6.45, 7) is 4.46. The normalized spacial score (nSPS) is 10.7. The lowest BCUT2D eigenvalue weighted by molar-refractivity contribution is 0.0686. The van der Waals surface area contributed by atoms with Crippen molar-refractivity contribution in [2.24, 2.45) is 5.84 Å². The van der Waals surface area contributed by atoms with E-state index in [2.05, 4.69) is 10.4 Å². The third-order valence-electron chi connectivity index (χ3n) is 2.99. The van der Waals surface area contributed by atoms with Crippen LogP contribution >= 0.6 is 22.9 Å². The van der Waals surface area contributed by atoms with Gasteiger partial charge in [0.15, 0.2) is 0 Å². The number of anilines is 1. The monoisotopic (exact) mass is 324 g/mol. The largest absolute Gasteiger partial charge is 0.330 e. The van der Waals surface area contributed by atoms with Crippen LogP contribution in [-0.2, 0) is 6.54 Å². The molecular weight excluding hydrogens is 308 g/mol. The lowest BCUT2D eigenvalue weighted by Gasteiger charge is -2.26. The van der Waals surface area contributed by atoms with E-state index in [9.17, 15) is 4.79 Å². The summed E-state index contributed by atoms with van der Waals surface area (Å²) in [5, 5.41) is 2.30. The number of carbonyl (C=O) groups is 1. The van der Waals surface area contributed by atoms with Gasteiger partial charge in [0.25, 0.3) is 5.91 Å². The van der Waals surface area contributed by atoms with Crippen LogP contribution in [0.2, 0.25) is 5.02 Å². The summed E-state index contributed by atoms with van der Waals surface area (Å²) in [5.41, 5.74) is 2.63. The predicted octanol–water partition coefficient (Wildman–Crippen LogP) is 3.13. The first-order chi connectivity index (χ1) is 10.0. The Morgan fingerprint density at radius 3 is 2.81 bits per heavy atom. The average molecular weight is 325 g/mol. The van der Waals surface area contributed by atoms with Crippen molar-refractivity contribution in [2.45, 2.75) is 26.4 Å². The lowest BCUT2D eigenvalue weighted by Crippen LogP contribution is -2.37. The summed E-state index contributed by atoms with van der Waals surface area (Å²) in [6.07, 6.45) is 0. The van der Waals surface area contributed by atoms with E-state index in [-0.39, 0.29) is 17.6 Å². The minimum atomic E-state index is -0.208. The molecule has 2 rings (SSSR count). The van der Waals surface area contributed by atoms with Gasteiger partial charge < -0.3 is 10.3 Å². The van der Waals surface area contributed by atoms with Crippen LogP contribution in [-0.4, -0.2) is 21.8 Å². The molecule has 0 aromatic carbocycles. The van der Waals surface area contributed by atoms with Crippen LogP contribution in [0.4, 0.5) is 5.82 Å². The number of hydrogen-bond donors (Lipinski definition) is 2. The first-order valence-corrected chi connectivity index (χ1v) is 7.75. The maximum atomic E-state index is 12.7. The van der Waals surface area contributed by atoms with Gasteiger partial charge in [-0.2, -0.15) is 0 Å². The molecule has 0 saturated carbocycles. The predicted molar refractivity (Wildman–Crippen MR) is 86.4 cm³/mol. The summed E-state index contributed by atoms with van der Waals surface area (Å²) in [4.78, 5) is 19.7. The summed E-state index contributed by atoms with van der Waals surface area (Å²) in [7, 11) is 0. The zero-order valence-corrected chi connectivity index (χ0v) is 13.4. The van der Waals surface area contributed by atoms with Gasteiger partial charge in [-0.1, -0.05) is 17.7 Å². The number of thiophene rings is 1. The molecule has 0 unspecified atom stereocenters. The average Bonchev–Trinajstić information content (AvgIpc) is 2.97. The zero-order chi connectivity index (χ0) is 15.4. The smallest absolute Gasteiger partial charge is 0.274 e. The van der Waals surface area contributed by atoms with Gasteiger partial charge in [0, 0.05) is 10.9 Å². The minimum absolute atomic E-state index is 0.0342. The molecule has 0 radical (unpaired) electrons. The third kappa shape index (κ3) is 3.72. The van der Waals surface area contributed by atoms with Crippen molar-refractivity contribution in [1.82, 2.24) is 9.88 Å². The number of nitrogens with zero attached hydrogens (tertiary/aromatic N) is 2. The molecule has 0 spiro atoms. The Kier molecular flexibility index (Phi) is 5.17. The Morgan fingerprint density at radius 1 is 1.48 bits per heavy atom. The van der Waals surface area contributed by atoms with E-state index in [1.54, 1.807) is 28.4 Å². The van der Waals surface area contributed by atoms with Gasteiger partial charge in [0.05, 0.1) is 11.6 Å². The number of hydrazine groups is 1. The molecule has 21 heavy (non-hydrogen) atoms. The molecule has 0 bridgehead atoms.